The summed E-state index contributed by atoms with van der Waals surface area (Å²) in [6.07, 6.45) is -1.62. The molecule has 0 bridgehead atoms. The number of aromatic nitrogens is 2. The highest BCUT2D eigenvalue weighted by Crippen LogP contribution is 2.30. The van der Waals surface area contributed by atoms with E-state index >= 15 is 0 Å². The number of carbonyl (C=O) groups is 2. The third-order valence-corrected chi connectivity index (χ3v) is 3.92. The van der Waals surface area contributed by atoms with Crippen LogP contribution in [0.2, 0.25) is 0 Å². The lowest BCUT2D eigenvalue weighted by molar-refractivity contribution is -0.137. The highest BCUT2D eigenvalue weighted by Gasteiger charge is 2.31. The molecule has 132 valence electrons. The molecule has 2 aromatic rings. The van der Waals surface area contributed by atoms with Crippen LogP contribution in [0, 0.1) is 12.8 Å². The summed E-state index contributed by atoms with van der Waals surface area (Å²) in [5.74, 6) is -0.893. The SMILES string of the molecule is Cc1c(C(=O)NNC(=O)C2CC2)cnn1-c1cccc(C(F)(F)F)c1. The van der Waals surface area contributed by atoms with Crippen LogP contribution in [0.15, 0.2) is 30.5 Å². The molecule has 3 rings (SSSR count). The van der Waals surface area contributed by atoms with E-state index in [4.69, 9.17) is 0 Å². The predicted molar refractivity (Wildman–Crippen MR) is 81.6 cm³/mol. The van der Waals surface area contributed by atoms with E-state index in [1.165, 1.54) is 23.0 Å². The molecule has 0 unspecified atom stereocenters. The maximum Gasteiger partial charge on any atom is 0.416 e. The van der Waals surface area contributed by atoms with Crippen molar-refractivity contribution in [2.75, 3.05) is 0 Å². The number of halogens is 3. The zero-order valence-corrected chi connectivity index (χ0v) is 13.2. The first kappa shape index (κ1) is 17.0. The van der Waals surface area contributed by atoms with Crippen molar-refractivity contribution < 1.29 is 22.8 Å². The fourth-order valence-corrected chi connectivity index (χ4v) is 2.34. The largest absolute Gasteiger partial charge is 0.416 e. The van der Waals surface area contributed by atoms with Crippen molar-refractivity contribution >= 4 is 11.8 Å². The van der Waals surface area contributed by atoms with Crippen LogP contribution in [0.1, 0.15) is 34.5 Å². The normalized spacial score (nSPS) is 14.2. The van der Waals surface area contributed by atoms with Gasteiger partial charge in [0.15, 0.2) is 0 Å². The number of hydrazine groups is 1. The van der Waals surface area contributed by atoms with Crippen LogP contribution >= 0.6 is 0 Å². The summed E-state index contributed by atoms with van der Waals surface area (Å²) in [4.78, 5) is 23.7. The summed E-state index contributed by atoms with van der Waals surface area (Å²) in [7, 11) is 0. The third kappa shape index (κ3) is 3.65. The van der Waals surface area contributed by atoms with Gasteiger partial charge in [-0.3, -0.25) is 20.4 Å². The highest BCUT2D eigenvalue weighted by molar-refractivity contribution is 5.96. The van der Waals surface area contributed by atoms with E-state index in [-0.39, 0.29) is 23.1 Å². The molecule has 0 saturated heterocycles. The van der Waals surface area contributed by atoms with E-state index in [1.807, 2.05) is 0 Å². The average molecular weight is 352 g/mol. The summed E-state index contributed by atoms with van der Waals surface area (Å²) < 4.78 is 39.7. The first-order valence-corrected chi connectivity index (χ1v) is 7.60. The zero-order valence-electron chi connectivity index (χ0n) is 13.2. The molecular weight excluding hydrogens is 337 g/mol. The maximum absolute atomic E-state index is 12.8. The number of amides is 2. The molecule has 2 N–H and O–H groups in total. The van der Waals surface area contributed by atoms with Crippen molar-refractivity contribution in [2.24, 2.45) is 5.92 Å². The lowest BCUT2D eigenvalue weighted by atomic mass is 10.2. The second-order valence-electron chi connectivity index (χ2n) is 5.82. The maximum atomic E-state index is 12.8. The predicted octanol–water partition coefficient (Wildman–Crippen LogP) is 2.37. The van der Waals surface area contributed by atoms with Gasteiger partial charge in [-0.2, -0.15) is 18.3 Å². The minimum atomic E-state index is -4.47. The van der Waals surface area contributed by atoms with Gasteiger partial charge in [-0.25, -0.2) is 4.68 Å². The van der Waals surface area contributed by atoms with Crippen LogP contribution in [-0.2, 0) is 11.0 Å². The lowest BCUT2D eigenvalue weighted by Gasteiger charge is -2.10. The fourth-order valence-electron chi connectivity index (χ4n) is 2.34. The minimum Gasteiger partial charge on any atom is -0.273 e. The van der Waals surface area contributed by atoms with Gasteiger partial charge in [0.05, 0.1) is 28.7 Å². The standard InChI is InChI=1S/C16H15F3N4O2/c1-9-13(15(25)22-21-14(24)10-5-6-10)8-20-23(9)12-4-2-3-11(7-12)16(17,18)19/h2-4,7-8,10H,5-6H2,1H3,(H,21,24)(H,22,25). The Balaban J connectivity index is 1.78. The topological polar surface area (TPSA) is 76.0 Å². The number of alkyl halides is 3. The molecule has 1 aromatic heterocycles. The van der Waals surface area contributed by atoms with Crippen molar-refractivity contribution in [1.82, 2.24) is 20.6 Å². The van der Waals surface area contributed by atoms with Crippen molar-refractivity contribution in [2.45, 2.75) is 25.9 Å². The number of benzene rings is 1. The monoisotopic (exact) mass is 352 g/mol. The van der Waals surface area contributed by atoms with Gasteiger partial charge in [-0.15, -0.1) is 0 Å². The fraction of sp³-hybridized carbons (Fsp3) is 0.312. The molecule has 0 aliphatic heterocycles. The molecular formula is C16H15F3N4O2. The highest BCUT2D eigenvalue weighted by atomic mass is 19.4. The summed E-state index contributed by atoms with van der Waals surface area (Å²) in [6.45, 7) is 1.56. The molecule has 1 aliphatic rings. The van der Waals surface area contributed by atoms with E-state index < -0.39 is 17.6 Å². The third-order valence-electron chi connectivity index (χ3n) is 3.92. The van der Waals surface area contributed by atoms with Crippen LogP contribution in [0.5, 0.6) is 0 Å². The molecule has 0 spiro atoms. The molecule has 1 saturated carbocycles. The number of hydrogen-bond donors (Lipinski definition) is 2. The molecule has 1 fully saturated rings. The van der Waals surface area contributed by atoms with E-state index in [9.17, 15) is 22.8 Å². The molecule has 1 heterocycles. The first-order chi connectivity index (χ1) is 11.8. The number of rotatable bonds is 3. The Kier molecular flexibility index (Phi) is 4.23. The van der Waals surface area contributed by atoms with E-state index in [2.05, 4.69) is 16.0 Å². The van der Waals surface area contributed by atoms with Crippen molar-refractivity contribution in [1.29, 1.82) is 0 Å². The Bertz CT molecular complexity index is 825. The number of hydrogen-bond acceptors (Lipinski definition) is 3. The van der Waals surface area contributed by atoms with Crippen LogP contribution in [-0.4, -0.2) is 21.6 Å². The van der Waals surface area contributed by atoms with Crippen LogP contribution in [0.25, 0.3) is 5.69 Å². The van der Waals surface area contributed by atoms with Gasteiger partial charge < -0.3 is 0 Å². The van der Waals surface area contributed by atoms with E-state index in [1.54, 1.807) is 6.92 Å². The van der Waals surface area contributed by atoms with Crippen LogP contribution in [0.4, 0.5) is 13.2 Å². The van der Waals surface area contributed by atoms with Crippen molar-refractivity contribution in [3.63, 3.8) is 0 Å². The molecule has 6 nitrogen and oxygen atoms in total. The molecule has 0 atom stereocenters. The minimum absolute atomic E-state index is 0.0609. The van der Waals surface area contributed by atoms with Gasteiger partial charge in [0.1, 0.15) is 0 Å². The Hall–Kier alpha value is -2.84. The number of nitrogens with zero attached hydrogens (tertiary/aromatic N) is 2. The van der Waals surface area contributed by atoms with E-state index in [0.29, 0.717) is 5.69 Å². The quantitative estimate of drug-likeness (QED) is 0.833. The van der Waals surface area contributed by atoms with Gasteiger partial charge in [0.25, 0.3) is 5.91 Å². The number of carbonyl (C=O) groups excluding carboxylic acids is 2. The Morgan fingerprint density at radius 2 is 1.96 bits per heavy atom. The summed E-state index contributed by atoms with van der Waals surface area (Å²) >= 11 is 0. The molecule has 1 aromatic carbocycles. The lowest BCUT2D eigenvalue weighted by Crippen LogP contribution is -2.42. The summed E-state index contributed by atoms with van der Waals surface area (Å²) in [5, 5.41) is 3.98. The molecule has 1 aliphatic carbocycles. The average Bonchev–Trinajstić information content (AvgIpc) is 3.34. The van der Waals surface area contributed by atoms with Crippen molar-refractivity contribution in [3.05, 3.63) is 47.3 Å². The van der Waals surface area contributed by atoms with Gasteiger partial charge in [0.2, 0.25) is 5.91 Å². The molecule has 25 heavy (non-hydrogen) atoms. The zero-order chi connectivity index (χ0) is 18.2. The molecule has 9 heteroatoms. The van der Waals surface area contributed by atoms with Gasteiger partial charge >= 0.3 is 6.18 Å². The second-order valence-corrected chi connectivity index (χ2v) is 5.82. The first-order valence-electron chi connectivity index (χ1n) is 7.60. The Labute approximate surface area is 141 Å². The van der Waals surface area contributed by atoms with Gasteiger partial charge in [-0.1, -0.05) is 6.07 Å². The van der Waals surface area contributed by atoms with Crippen LogP contribution in [0.3, 0.4) is 0 Å². The van der Waals surface area contributed by atoms with Crippen LogP contribution < -0.4 is 10.9 Å². The summed E-state index contributed by atoms with van der Waals surface area (Å²) in [5.41, 5.74) is 4.52. The Morgan fingerprint density at radius 3 is 2.60 bits per heavy atom. The Morgan fingerprint density at radius 1 is 1.24 bits per heavy atom. The number of nitrogens with one attached hydrogen (secondary N) is 2. The van der Waals surface area contributed by atoms with Crippen molar-refractivity contribution in [3.8, 4) is 5.69 Å². The second kappa shape index (κ2) is 6.23. The smallest absolute Gasteiger partial charge is 0.273 e. The molecule has 0 radical (unpaired) electrons. The summed E-state index contributed by atoms with van der Waals surface area (Å²) in [6, 6.07) is 4.65. The van der Waals surface area contributed by atoms with Gasteiger partial charge in [-0.05, 0) is 38.0 Å². The van der Waals surface area contributed by atoms with E-state index in [0.717, 1.165) is 25.0 Å². The molecule has 2 amide bonds. The van der Waals surface area contributed by atoms with Gasteiger partial charge in [0, 0.05) is 5.92 Å².